The van der Waals surface area contributed by atoms with Crippen LogP contribution in [0.2, 0.25) is 0 Å². The maximum Gasteiger partial charge on any atom is 0.234 e. The second kappa shape index (κ2) is 11.9. The number of Topliss-reactive ketones (excluding diaryl/α,β-unsaturated/α-hetero) is 1. The Morgan fingerprint density at radius 3 is 2.68 bits per heavy atom. The van der Waals surface area contributed by atoms with Gasteiger partial charge in [-0.2, -0.15) is 0 Å². The number of hydrogen-bond acceptors (Lipinski definition) is 8. The lowest BCUT2D eigenvalue weighted by Gasteiger charge is -2.26. The van der Waals surface area contributed by atoms with E-state index in [1.807, 2.05) is 12.1 Å². The van der Waals surface area contributed by atoms with Gasteiger partial charge in [-0.05, 0) is 93.8 Å². The van der Waals surface area contributed by atoms with Gasteiger partial charge in [0.15, 0.2) is 5.78 Å². The second-order valence-electron chi connectivity index (χ2n) is 12.7. The summed E-state index contributed by atoms with van der Waals surface area (Å²) in [6, 6.07) is 18.2. The van der Waals surface area contributed by atoms with Gasteiger partial charge in [-0.1, -0.05) is 6.07 Å². The number of carbonyl (C=O) groups is 2. The van der Waals surface area contributed by atoms with Crippen LogP contribution in [0.1, 0.15) is 66.9 Å². The van der Waals surface area contributed by atoms with E-state index in [9.17, 15) is 19.1 Å². The Balaban J connectivity index is 1.19. The van der Waals surface area contributed by atoms with Crippen LogP contribution in [0.15, 0.2) is 83.6 Å². The van der Waals surface area contributed by atoms with E-state index in [1.54, 1.807) is 62.5 Å². The van der Waals surface area contributed by atoms with Crippen molar-refractivity contribution in [2.45, 2.75) is 63.2 Å². The molecule has 2 N–H and O–H groups in total. The maximum absolute atomic E-state index is 13.9. The van der Waals surface area contributed by atoms with Crippen molar-refractivity contribution >= 4 is 22.6 Å². The molecule has 7 rings (SSSR count). The Hall–Kier alpha value is -5.09. The Morgan fingerprint density at radius 2 is 1.94 bits per heavy atom. The summed E-state index contributed by atoms with van der Waals surface area (Å²) < 4.78 is 31.4. The average molecular weight is 636 g/mol. The molecular weight excluding hydrogens is 601 g/mol. The lowest BCUT2D eigenvalue weighted by Crippen LogP contribution is -2.43. The summed E-state index contributed by atoms with van der Waals surface area (Å²) >= 11 is 0. The molecule has 0 radical (unpaired) electrons. The van der Waals surface area contributed by atoms with E-state index in [0.717, 1.165) is 18.2 Å². The van der Waals surface area contributed by atoms with E-state index >= 15 is 0 Å². The molecular formula is C37H34FN3O6. The molecule has 10 heteroatoms. The van der Waals surface area contributed by atoms with Crippen LogP contribution in [-0.4, -0.2) is 39.5 Å². The average Bonchev–Trinajstić information content (AvgIpc) is 3.60. The number of furan rings is 1. The van der Waals surface area contributed by atoms with E-state index in [4.69, 9.17) is 18.9 Å². The van der Waals surface area contributed by atoms with Crippen LogP contribution in [0, 0.1) is 5.82 Å². The van der Waals surface area contributed by atoms with Crippen molar-refractivity contribution < 1.29 is 33.0 Å². The molecule has 2 aromatic carbocycles. The van der Waals surface area contributed by atoms with Crippen LogP contribution >= 0.6 is 0 Å². The number of rotatable bonds is 11. The molecule has 5 aromatic rings. The van der Waals surface area contributed by atoms with Gasteiger partial charge >= 0.3 is 0 Å². The first kappa shape index (κ1) is 30.6. The molecule has 2 atom stereocenters. The van der Waals surface area contributed by atoms with Crippen LogP contribution in [-0.2, 0) is 22.4 Å². The molecule has 0 bridgehead atoms. The molecule has 3 aromatic heterocycles. The van der Waals surface area contributed by atoms with Gasteiger partial charge in [0.05, 0.1) is 24.6 Å². The van der Waals surface area contributed by atoms with Crippen molar-refractivity contribution in [1.82, 2.24) is 15.3 Å². The predicted molar refractivity (Wildman–Crippen MR) is 172 cm³/mol. The van der Waals surface area contributed by atoms with Gasteiger partial charge in [-0.15, -0.1) is 0 Å². The highest BCUT2D eigenvalue weighted by Crippen LogP contribution is 2.46. The highest BCUT2D eigenvalue weighted by atomic mass is 19.1. The molecule has 1 fully saturated rings. The maximum atomic E-state index is 13.9. The molecule has 9 nitrogen and oxygen atoms in total. The minimum Gasteiger partial charge on any atom is -0.489 e. The summed E-state index contributed by atoms with van der Waals surface area (Å²) in [6.45, 7) is 3.59. The number of carbonyl (C=O) groups excluding carboxylic acids is 2. The van der Waals surface area contributed by atoms with E-state index in [1.165, 1.54) is 18.4 Å². The first-order valence-corrected chi connectivity index (χ1v) is 15.7. The fraction of sp³-hybridized carbons (Fsp3) is 0.297. The van der Waals surface area contributed by atoms with Gasteiger partial charge in [-0.3, -0.25) is 14.6 Å². The zero-order valence-corrected chi connectivity index (χ0v) is 26.1. The van der Waals surface area contributed by atoms with Gasteiger partial charge in [-0.25, -0.2) is 9.37 Å². The molecule has 1 saturated carbocycles. The van der Waals surface area contributed by atoms with Gasteiger partial charge < -0.3 is 24.3 Å². The highest BCUT2D eigenvalue weighted by molar-refractivity contribution is 6.01. The van der Waals surface area contributed by atoms with E-state index in [2.05, 4.69) is 10.3 Å². The standard InChI is InChI=1S/C37H34FN3O6/c1-36(35(43)40-20-27-6-4-16-45-27)21-46-34-28(36)19-31(41-33(34)22-7-9-25(38)10-8-22)37(2,44)14-13-29(42)24-17-23-5-3-15-39-32(23)30(18-24)47-26-11-12-26/h3-10,15-19,26,44H,11-14,20-21H2,1-2H3,(H,40,43)/t36-,37-/m0/s1. The van der Waals surface area contributed by atoms with Crippen LogP contribution in [0.3, 0.4) is 0 Å². The monoisotopic (exact) mass is 635 g/mol. The minimum atomic E-state index is -1.57. The third-order valence-corrected chi connectivity index (χ3v) is 8.90. The minimum absolute atomic E-state index is 0.0175. The van der Waals surface area contributed by atoms with Crippen molar-refractivity contribution in [1.29, 1.82) is 0 Å². The fourth-order valence-electron chi connectivity index (χ4n) is 5.83. The number of pyridine rings is 2. The van der Waals surface area contributed by atoms with Gasteiger partial charge in [0.1, 0.15) is 51.9 Å². The Morgan fingerprint density at radius 1 is 1.13 bits per heavy atom. The number of aromatic nitrogens is 2. The topological polar surface area (TPSA) is 124 Å². The number of amides is 1. The molecule has 1 aliphatic carbocycles. The number of benzene rings is 2. The summed E-state index contributed by atoms with van der Waals surface area (Å²) in [5.74, 6) is 0.697. The molecule has 47 heavy (non-hydrogen) atoms. The van der Waals surface area contributed by atoms with Crippen molar-refractivity contribution in [3.63, 3.8) is 0 Å². The smallest absolute Gasteiger partial charge is 0.234 e. The molecule has 1 aliphatic heterocycles. The summed E-state index contributed by atoms with van der Waals surface area (Å²) in [6.07, 6.45) is 5.38. The first-order chi connectivity index (χ1) is 22.6. The SMILES string of the molecule is C[C@](O)(CCC(=O)c1cc(OC2CC2)c2ncccc2c1)c1cc2c(c(-c3ccc(F)cc3)n1)OC[C@]2(C)C(=O)NCc1ccco1. The third-order valence-electron chi connectivity index (χ3n) is 8.90. The summed E-state index contributed by atoms with van der Waals surface area (Å²) in [5, 5.41) is 15.6. The van der Waals surface area contributed by atoms with Crippen molar-refractivity contribution in [3.8, 4) is 22.8 Å². The van der Waals surface area contributed by atoms with Crippen LogP contribution in [0.25, 0.3) is 22.2 Å². The van der Waals surface area contributed by atoms with Crippen LogP contribution in [0.5, 0.6) is 11.5 Å². The number of ether oxygens (including phenoxy) is 2. The molecule has 1 amide bonds. The number of fused-ring (bicyclic) bond motifs is 2. The Bertz CT molecular complexity index is 1970. The fourth-order valence-corrected chi connectivity index (χ4v) is 5.83. The van der Waals surface area contributed by atoms with Crippen molar-refractivity contribution in [2.24, 2.45) is 0 Å². The highest BCUT2D eigenvalue weighted by Gasteiger charge is 2.46. The number of hydrogen-bond donors (Lipinski definition) is 2. The Kier molecular flexibility index (Phi) is 7.76. The normalized spacial score (nSPS) is 18.3. The largest absolute Gasteiger partial charge is 0.489 e. The first-order valence-electron chi connectivity index (χ1n) is 15.7. The van der Waals surface area contributed by atoms with Gasteiger partial charge in [0.25, 0.3) is 0 Å². The number of nitrogens with one attached hydrogen (secondary N) is 1. The molecule has 2 aliphatic rings. The van der Waals surface area contributed by atoms with Gasteiger partial charge in [0, 0.05) is 34.7 Å². The second-order valence-corrected chi connectivity index (χ2v) is 12.7. The van der Waals surface area contributed by atoms with Crippen molar-refractivity contribution in [3.05, 3.63) is 108 Å². The third kappa shape index (κ3) is 6.08. The van der Waals surface area contributed by atoms with Crippen LogP contribution in [0.4, 0.5) is 4.39 Å². The number of aliphatic hydroxyl groups is 1. The molecule has 4 heterocycles. The number of ketones is 1. The molecule has 240 valence electrons. The predicted octanol–water partition coefficient (Wildman–Crippen LogP) is 6.41. The lowest BCUT2D eigenvalue weighted by atomic mass is 9.81. The number of halogens is 1. The van der Waals surface area contributed by atoms with E-state index in [-0.39, 0.29) is 49.5 Å². The van der Waals surface area contributed by atoms with E-state index < -0.39 is 16.8 Å². The van der Waals surface area contributed by atoms with Crippen LogP contribution < -0.4 is 14.8 Å². The quantitative estimate of drug-likeness (QED) is 0.160. The molecule has 0 saturated heterocycles. The number of nitrogens with zero attached hydrogens (tertiary/aromatic N) is 2. The lowest BCUT2D eigenvalue weighted by molar-refractivity contribution is -0.126. The van der Waals surface area contributed by atoms with Gasteiger partial charge in [0.2, 0.25) is 5.91 Å². The van der Waals surface area contributed by atoms with Crippen molar-refractivity contribution in [2.75, 3.05) is 6.61 Å². The zero-order chi connectivity index (χ0) is 32.8. The molecule has 0 unspecified atom stereocenters. The Labute approximate surface area is 270 Å². The van der Waals surface area contributed by atoms with E-state index in [0.29, 0.717) is 45.2 Å². The summed E-state index contributed by atoms with van der Waals surface area (Å²) in [4.78, 5) is 36.4. The molecule has 0 spiro atoms. The zero-order valence-electron chi connectivity index (χ0n) is 26.1. The summed E-state index contributed by atoms with van der Waals surface area (Å²) in [7, 11) is 0. The summed E-state index contributed by atoms with van der Waals surface area (Å²) in [5.41, 5.74) is 0.211.